The summed E-state index contributed by atoms with van der Waals surface area (Å²) in [4.78, 5) is 26.9. The SMILES string of the molecule is CCN(CC)CCc1c(C)[nH]c(/C=C2/C(=O)NN=C2c2cnccn2)c1C(C)(C)C. The highest BCUT2D eigenvalue weighted by molar-refractivity contribution is 6.32. The van der Waals surface area contributed by atoms with Gasteiger partial charge in [0.1, 0.15) is 11.4 Å². The predicted molar refractivity (Wildman–Crippen MR) is 120 cm³/mol. The molecule has 0 radical (unpaired) electrons. The van der Waals surface area contributed by atoms with Crippen LogP contribution in [0.3, 0.4) is 0 Å². The van der Waals surface area contributed by atoms with Crippen LogP contribution in [0.15, 0.2) is 29.3 Å². The molecular weight excluding hydrogens is 376 g/mol. The summed E-state index contributed by atoms with van der Waals surface area (Å²) in [5, 5.41) is 4.19. The summed E-state index contributed by atoms with van der Waals surface area (Å²) < 4.78 is 0. The number of H-pyrrole nitrogens is 1. The average molecular weight is 409 g/mol. The molecule has 2 N–H and O–H groups in total. The summed E-state index contributed by atoms with van der Waals surface area (Å²) in [5.41, 5.74) is 8.77. The van der Waals surface area contributed by atoms with Gasteiger partial charge in [-0.15, -0.1) is 0 Å². The Bertz CT molecular complexity index is 962. The van der Waals surface area contributed by atoms with Gasteiger partial charge in [-0.05, 0) is 49.1 Å². The first kappa shape index (κ1) is 21.9. The molecule has 160 valence electrons. The molecule has 30 heavy (non-hydrogen) atoms. The van der Waals surface area contributed by atoms with Gasteiger partial charge >= 0.3 is 0 Å². The number of aryl methyl sites for hydroxylation is 1. The van der Waals surface area contributed by atoms with Gasteiger partial charge in [0, 0.05) is 30.3 Å². The molecule has 0 aliphatic carbocycles. The van der Waals surface area contributed by atoms with Crippen molar-refractivity contribution in [1.82, 2.24) is 25.3 Å². The second kappa shape index (κ2) is 8.92. The maximum absolute atomic E-state index is 12.5. The molecule has 0 spiro atoms. The van der Waals surface area contributed by atoms with Crippen LogP contribution in [0.1, 0.15) is 62.8 Å². The van der Waals surface area contributed by atoms with E-state index in [0.29, 0.717) is 17.0 Å². The third-order valence-corrected chi connectivity index (χ3v) is 5.53. The Morgan fingerprint density at radius 3 is 2.50 bits per heavy atom. The summed E-state index contributed by atoms with van der Waals surface area (Å²) >= 11 is 0. The standard InChI is InChI=1S/C23H32N6O/c1-7-29(8-2)12-9-16-15(3)26-18(20(16)23(4,5)6)13-17-21(27-28-22(17)30)19-14-24-10-11-25-19/h10-11,13-14,26H,7-9,12H2,1-6H3,(H,28,30)/b17-13+. The molecule has 0 unspecified atom stereocenters. The van der Waals surface area contributed by atoms with Crippen LogP contribution in [-0.2, 0) is 16.6 Å². The molecule has 3 rings (SSSR count). The van der Waals surface area contributed by atoms with Gasteiger partial charge in [-0.2, -0.15) is 5.10 Å². The van der Waals surface area contributed by atoms with Gasteiger partial charge in [0.2, 0.25) is 0 Å². The van der Waals surface area contributed by atoms with Crippen LogP contribution in [0.2, 0.25) is 0 Å². The highest BCUT2D eigenvalue weighted by Crippen LogP contribution is 2.34. The first-order chi connectivity index (χ1) is 14.3. The number of nitrogens with zero attached hydrogens (tertiary/aromatic N) is 4. The Morgan fingerprint density at radius 2 is 1.90 bits per heavy atom. The van der Waals surface area contributed by atoms with E-state index in [0.717, 1.165) is 37.4 Å². The van der Waals surface area contributed by atoms with Crippen LogP contribution >= 0.6 is 0 Å². The molecule has 0 saturated heterocycles. The summed E-state index contributed by atoms with van der Waals surface area (Å²) in [6, 6.07) is 0. The minimum absolute atomic E-state index is 0.0747. The Morgan fingerprint density at radius 1 is 1.17 bits per heavy atom. The van der Waals surface area contributed by atoms with Crippen molar-refractivity contribution in [1.29, 1.82) is 0 Å². The van der Waals surface area contributed by atoms with Crippen LogP contribution in [0.4, 0.5) is 0 Å². The number of rotatable bonds is 7. The largest absolute Gasteiger partial charge is 0.359 e. The maximum Gasteiger partial charge on any atom is 0.273 e. The lowest BCUT2D eigenvalue weighted by atomic mass is 9.82. The number of aromatic nitrogens is 3. The van der Waals surface area contributed by atoms with E-state index >= 15 is 0 Å². The number of hydrazone groups is 1. The second-order valence-electron chi connectivity index (χ2n) is 8.59. The maximum atomic E-state index is 12.5. The molecule has 2 aromatic rings. The summed E-state index contributed by atoms with van der Waals surface area (Å²) in [7, 11) is 0. The Labute approximate surface area is 178 Å². The first-order valence-electron chi connectivity index (χ1n) is 10.6. The fraction of sp³-hybridized carbons (Fsp3) is 0.478. The van der Waals surface area contributed by atoms with Crippen LogP contribution in [0, 0.1) is 6.92 Å². The van der Waals surface area contributed by atoms with E-state index in [1.54, 1.807) is 18.6 Å². The van der Waals surface area contributed by atoms with Crippen molar-refractivity contribution in [2.24, 2.45) is 5.10 Å². The molecular formula is C23H32N6O. The molecule has 1 aliphatic heterocycles. The summed E-state index contributed by atoms with van der Waals surface area (Å²) in [5.74, 6) is -0.229. The zero-order valence-electron chi connectivity index (χ0n) is 18.8. The van der Waals surface area contributed by atoms with E-state index in [1.807, 2.05) is 6.08 Å². The number of amides is 1. The van der Waals surface area contributed by atoms with Crippen LogP contribution in [0.5, 0.6) is 0 Å². The van der Waals surface area contributed by atoms with Gasteiger partial charge in [-0.25, -0.2) is 5.43 Å². The molecule has 0 aromatic carbocycles. The second-order valence-corrected chi connectivity index (χ2v) is 8.59. The fourth-order valence-electron chi connectivity index (χ4n) is 4.01. The minimum atomic E-state index is -0.229. The number of aromatic amines is 1. The quantitative estimate of drug-likeness (QED) is 0.689. The third kappa shape index (κ3) is 4.51. The number of hydrogen-bond donors (Lipinski definition) is 2. The lowest BCUT2D eigenvalue weighted by Gasteiger charge is -2.24. The van der Waals surface area contributed by atoms with Crippen molar-refractivity contribution in [3.8, 4) is 0 Å². The molecule has 7 heteroatoms. The van der Waals surface area contributed by atoms with Gasteiger partial charge < -0.3 is 9.88 Å². The van der Waals surface area contributed by atoms with Gasteiger partial charge in [-0.3, -0.25) is 14.8 Å². The third-order valence-electron chi connectivity index (χ3n) is 5.53. The molecule has 7 nitrogen and oxygen atoms in total. The number of carbonyl (C=O) groups is 1. The van der Waals surface area contributed by atoms with E-state index in [9.17, 15) is 4.79 Å². The number of hydrogen-bond acceptors (Lipinski definition) is 5. The average Bonchev–Trinajstić information content (AvgIpc) is 3.23. The number of carbonyl (C=O) groups excluding carboxylic acids is 1. The highest BCUT2D eigenvalue weighted by atomic mass is 16.2. The fourth-order valence-corrected chi connectivity index (χ4v) is 4.01. The molecule has 0 atom stereocenters. The minimum Gasteiger partial charge on any atom is -0.359 e. The lowest BCUT2D eigenvalue weighted by Crippen LogP contribution is -2.26. The van der Waals surface area contributed by atoms with Crippen molar-refractivity contribution in [3.05, 3.63) is 52.4 Å². The molecule has 0 saturated carbocycles. The van der Waals surface area contributed by atoms with E-state index in [-0.39, 0.29) is 11.3 Å². The van der Waals surface area contributed by atoms with Crippen LogP contribution in [0.25, 0.3) is 6.08 Å². The highest BCUT2D eigenvalue weighted by Gasteiger charge is 2.29. The molecule has 1 aliphatic rings. The van der Waals surface area contributed by atoms with E-state index in [2.05, 4.69) is 71.9 Å². The predicted octanol–water partition coefficient (Wildman–Crippen LogP) is 3.21. The van der Waals surface area contributed by atoms with Crippen LogP contribution < -0.4 is 5.43 Å². The van der Waals surface area contributed by atoms with Crippen molar-refractivity contribution in [2.45, 2.75) is 53.4 Å². The smallest absolute Gasteiger partial charge is 0.273 e. The Hall–Kier alpha value is -2.80. The van der Waals surface area contributed by atoms with Gasteiger partial charge in [0.15, 0.2) is 0 Å². The first-order valence-corrected chi connectivity index (χ1v) is 10.6. The summed E-state index contributed by atoms with van der Waals surface area (Å²) in [6.45, 7) is 16.2. The molecule has 2 aromatic heterocycles. The van der Waals surface area contributed by atoms with E-state index in [4.69, 9.17) is 0 Å². The molecule has 3 heterocycles. The molecule has 0 fully saturated rings. The zero-order chi connectivity index (χ0) is 21.9. The zero-order valence-corrected chi connectivity index (χ0v) is 18.8. The van der Waals surface area contributed by atoms with Crippen molar-refractivity contribution >= 4 is 17.7 Å². The Balaban J connectivity index is 2.04. The van der Waals surface area contributed by atoms with Crippen molar-refractivity contribution in [2.75, 3.05) is 19.6 Å². The van der Waals surface area contributed by atoms with Crippen LogP contribution in [-0.4, -0.2) is 51.1 Å². The van der Waals surface area contributed by atoms with Crippen molar-refractivity contribution < 1.29 is 4.79 Å². The number of likely N-dealkylation sites (N-methyl/N-ethyl adjacent to an activating group) is 1. The topological polar surface area (TPSA) is 86.3 Å². The lowest BCUT2D eigenvalue weighted by molar-refractivity contribution is -0.116. The Kier molecular flexibility index (Phi) is 6.51. The van der Waals surface area contributed by atoms with Gasteiger partial charge in [0.05, 0.1) is 11.8 Å². The normalized spacial score (nSPS) is 15.8. The molecule has 1 amide bonds. The monoisotopic (exact) mass is 408 g/mol. The van der Waals surface area contributed by atoms with Crippen molar-refractivity contribution in [3.63, 3.8) is 0 Å². The van der Waals surface area contributed by atoms with E-state index < -0.39 is 0 Å². The summed E-state index contributed by atoms with van der Waals surface area (Å²) in [6.07, 6.45) is 7.70. The molecule has 0 bridgehead atoms. The number of nitrogens with one attached hydrogen (secondary N) is 2. The van der Waals surface area contributed by atoms with Gasteiger partial charge in [-0.1, -0.05) is 34.6 Å². The van der Waals surface area contributed by atoms with Gasteiger partial charge in [0.25, 0.3) is 5.91 Å². The van der Waals surface area contributed by atoms with E-state index in [1.165, 1.54) is 11.1 Å².